The average Bonchev–Trinajstić information content (AvgIpc) is 2.21. The van der Waals surface area contributed by atoms with Gasteiger partial charge in [0.2, 0.25) is 0 Å². The van der Waals surface area contributed by atoms with Crippen LogP contribution in [0.25, 0.3) is 0 Å². The molecule has 0 saturated heterocycles. The van der Waals surface area contributed by atoms with Gasteiger partial charge in [-0.25, -0.2) is 0 Å². The van der Waals surface area contributed by atoms with Crippen molar-refractivity contribution in [2.24, 2.45) is 0 Å². The van der Waals surface area contributed by atoms with Gasteiger partial charge in [-0.15, -0.1) is 0 Å². The Hall–Kier alpha value is -1.51. The Labute approximate surface area is 83.6 Å². The molecule has 1 radical (unpaired) electrons. The zero-order valence-corrected chi connectivity index (χ0v) is 8.16. The lowest BCUT2D eigenvalue weighted by molar-refractivity contribution is -0.139. The van der Waals surface area contributed by atoms with Crippen LogP contribution in [-0.2, 0) is 16.0 Å². The summed E-state index contributed by atoms with van der Waals surface area (Å²) in [5.74, 6) is 0.518. The minimum absolute atomic E-state index is 0.240. The second kappa shape index (κ2) is 5.27. The molecule has 0 unspecified atom stereocenters. The summed E-state index contributed by atoms with van der Waals surface area (Å²) >= 11 is 0. The summed E-state index contributed by atoms with van der Waals surface area (Å²) in [4.78, 5) is 10.9. The predicted molar refractivity (Wildman–Crippen MR) is 53.0 cm³/mol. The van der Waals surface area contributed by atoms with Crippen LogP contribution >= 0.6 is 0 Å². The van der Waals surface area contributed by atoms with E-state index in [1.165, 1.54) is 7.11 Å². The molecule has 0 atom stereocenters. The molecular weight excluding hydrogens is 180 g/mol. The molecule has 0 spiro atoms. The highest BCUT2D eigenvalue weighted by molar-refractivity contribution is 5.72. The molecule has 0 aliphatic heterocycles. The van der Waals surface area contributed by atoms with E-state index in [1.807, 2.05) is 24.3 Å². The Kier molecular flexibility index (Phi) is 3.98. The van der Waals surface area contributed by atoms with Crippen LogP contribution in [0.15, 0.2) is 24.3 Å². The van der Waals surface area contributed by atoms with Gasteiger partial charge < -0.3 is 9.47 Å². The van der Waals surface area contributed by atoms with Crippen molar-refractivity contribution in [1.82, 2.24) is 0 Å². The summed E-state index contributed by atoms with van der Waals surface area (Å²) < 4.78 is 9.72. The third-order valence-electron chi connectivity index (χ3n) is 1.77. The molecule has 0 aliphatic rings. The monoisotopic (exact) mass is 193 g/mol. The molecule has 0 bridgehead atoms. The number of rotatable bonds is 4. The molecule has 0 fully saturated rings. The van der Waals surface area contributed by atoms with Gasteiger partial charge in [-0.1, -0.05) is 12.1 Å². The number of methoxy groups -OCH3 is 1. The summed E-state index contributed by atoms with van der Waals surface area (Å²) in [5.41, 5.74) is 0.910. The van der Waals surface area contributed by atoms with Crippen molar-refractivity contribution in [3.05, 3.63) is 36.8 Å². The van der Waals surface area contributed by atoms with E-state index in [9.17, 15) is 4.79 Å². The van der Waals surface area contributed by atoms with Gasteiger partial charge in [-0.05, 0) is 24.6 Å². The lowest BCUT2D eigenvalue weighted by Crippen LogP contribution is -2.04. The fourth-order valence-electron chi connectivity index (χ4n) is 1.06. The molecule has 3 heteroatoms. The maximum atomic E-state index is 10.9. The van der Waals surface area contributed by atoms with Crippen LogP contribution in [0.3, 0.4) is 0 Å². The number of esters is 1. The number of carbonyl (C=O) groups is 1. The van der Waals surface area contributed by atoms with Crippen molar-refractivity contribution in [2.75, 3.05) is 13.7 Å². The van der Waals surface area contributed by atoms with Gasteiger partial charge in [-0.2, -0.15) is 0 Å². The van der Waals surface area contributed by atoms with Gasteiger partial charge in [0.05, 0.1) is 20.1 Å². The standard InChI is InChI=1S/C11H13O3/c1-3-14-10-6-4-9(5-7-10)8-11(12)13-2/h4-7H,1,3,8H2,2H3. The Bertz CT molecular complexity index is 290. The first-order chi connectivity index (χ1) is 6.76. The second-order valence-electron chi connectivity index (χ2n) is 2.75. The Balaban J connectivity index is 2.59. The number of ether oxygens (including phenoxy) is 2. The molecule has 0 N–H and O–H groups in total. The fraction of sp³-hybridized carbons (Fsp3) is 0.273. The first-order valence-corrected chi connectivity index (χ1v) is 4.34. The largest absolute Gasteiger partial charge is 0.494 e. The van der Waals surface area contributed by atoms with E-state index in [2.05, 4.69) is 11.7 Å². The van der Waals surface area contributed by atoms with Crippen LogP contribution in [0.1, 0.15) is 5.56 Å². The number of benzene rings is 1. The highest BCUT2D eigenvalue weighted by atomic mass is 16.5. The van der Waals surface area contributed by atoms with Crippen LogP contribution in [0.5, 0.6) is 5.75 Å². The van der Waals surface area contributed by atoms with E-state index in [0.29, 0.717) is 13.0 Å². The molecule has 1 aromatic carbocycles. The molecule has 75 valence electrons. The molecule has 3 nitrogen and oxygen atoms in total. The first-order valence-electron chi connectivity index (χ1n) is 4.34. The summed E-state index contributed by atoms with van der Waals surface area (Å²) in [6.45, 7) is 3.97. The molecule has 0 saturated carbocycles. The number of hydrogen-bond donors (Lipinski definition) is 0. The van der Waals surface area contributed by atoms with Crippen molar-refractivity contribution in [2.45, 2.75) is 6.42 Å². The third kappa shape index (κ3) is 3.09. The zero-order valence-electron chi connectivity index (χ0n) is 8.16. The Morgan fingerprint density at radius 3 is 2.50 bits per heavy atom. The van der Waals surface area contributed by atoms with Crippen molar-refractivity contribution >= 4 is 5.97 Å². The highest BCUT2D eigenvalue weighted by Gasteiger charge is 2.02. The topological polar surface area (TPSA) is 35.5 Å². The smallest absolute Gasteiger partial charge is 0.309 e. The van der Waals surface area contributed by atoms with Crippen LogP contribution < -0.4 is 4.74 Å². The minimum Gasteiger partial charge on any atom is -0.494 e. The van der Waals surface area contributed by atoms with Crippen LogP contribution in [-0.4, -0.2) is 19.7 Å². The number of carbonyl (C=O) groups excluding carboxylic acids is 1. The molecule has 0 aromatic heterocycles. The Morgan fingerprint density at radius 1 is 1.36 bits per heavy atom. The second-order valence-corrected chi connectivity index (χ2v) is 2.75. The lowest BCUT2D eigenvalue weighted by atomic mass is 10.1. The zero-order chi connectivity index (χ0) is 10.4. The van der Waals surface area contributed by atoms with E-state index in [1.54, 1.807) is 0 Å². The maximum Gasteiger partial charge on any atom is 0.309 e. The van der Waals surface area contributed by atoms with Gasteiger partial charge in [0, 0.05) is 0 Å². The Morgan fingerprint density at radius 2 is 2.00 bits per heavy atom. The van der Waals surface area contributed by atoms with Gasteiger partial charge in [0.25, 0.3) is 0 Å². The number of hydrogen-bond acceptors (Lipinski definition) is 3. The molecule has 0 heterocycles. The summed E-state index contributed by atoms with van der Waals surface area (Å²) in [5, 5.41) is 0. The molecular formula is C11H13O3. The normalized spacial score (nSPS) is 9.57. The third-order valence-corrected chi connectivity index (χ3v) is 1.77. The van der Waals surface area contributed by atoms with Gasteiger partial charge in [0.1, 0.15) is 5.75 Å². The van der Waals surface area contributed by atoms with Crippen molar-refractivity contribution < 1.29 is 14.3 Å². The predicted octanol–water partition coefficient (Wildman–Crippen LogP) is 1.61. The van der Waals surface area contributed by atoms with E-state index in [-0.39, 0.29) is 5.97 Å². The van der Waals surface area contributed by atoms with Gasteiger partial charge in [0.15, 0.2) is 0 Å². The van der Waals surface area contributed by atoms with Crippen molar-refractivity contribution in [3.63, 3.8) is 0 Å². The lowest BCUT2D eigenvalue weighted by Gasteiger charge is -2.03. The van der Waals surface area contributed by atoms with Crippen LogP contribution in [0, 0.1) is 6.92 Å². The molecule has 1 aromatic rings. The SMILES string of the molecule is [CH2]COc1ccc(CC(=O)OC)cc1. The van der Waals surface area contributed by atoms with Crippen molar-refractivity contribution in [3.8, 4) is 5.75 Å². The summed E-state index contributed by atoms with van der Waals surface area (Å²) in [6.07, 6.45) is 0.293. The van der Waals surface area contributed by atoms with Gasteiger partial charge in [-0.3, -0.25) is 4.79 Å². The van der Waals surface area contributed by atoms with E-state index in [4.69, 9.17) is 4.74 Å². The van der Waals surface area contributed by atoms with E-state index in [0.717, 1.165) is 11.3 Å². The summed E-state index contributed by atoms with van der Waals surface area (Å²) in [7, 11) is 1.38. The van der Waals surface area contributed by atoms with E-state index >= 15 is 0 Å². The molecule has 1 rings (SSSR count). The minimum atomic E-state index is -0.240. The molecule has 14 heavy (non-hydrogen) atoms. The summed E-state index contributed by atoms with van der Waals surface area (Å²) in [6, 6.07) is 7.29. The van der Waals surface area contributed by atoms with Gasteiger partial charge >= 0.3 is 5.97 Å². The van der Waals surface area contributed by atoms with E-state index < -0.39 is 0 Å². The van der Waals surface area contributed by atoms with Crippen molar-refractivity contribution in [1.29, 1.82) is 0 Å². The highest BCUT2D eigenvalue weighted by Crippen LogP contribution is 2.12. The average molecular weight is 193 g/mol. The van der Waals surface area contributed by atoms with Crippen LogP contribution in [0.2, 0.25) is 0 Å². The maximum absolute atomic E-state index is 10.9. The molecule has 0 amide bonds. The van der Waals surface area contributed by atoms with Crippen LogP contribution in [0.4, 0.5) is 0 Å². The quantitative estimate of drug-likeness (QED) is 0.681. The first kappa shape index (κ1) is 10.6. The molecule has 0 aliphatic carbocycles. The fourth-order valence-corrected chi connectivity index (χ4v) is 1.06.